The number of ether oxygens (including phenoxy) is 1. The highest BCUT2D eigenvalue weighted by molar-refractivity contribution is 6.51. The second-order valence-electron chi connectivity index (χ2n) is 11.1. The van der Waals surface area contributed by atoms with Crippen molar-refractivity contribution in [2.75, 3.05) is 49.6 Å². The van der Waals surface area contributed by atoms with Crippen LogP contribution in [0.3, 0.4) is 0 Å². The Morgan fingerprint density at radius 1 is 0.925 bits per heavy atom. The van der Waals surface area contributed by atoms with Gasteiger partial charge >= 0.3 is 0 Å². The molecule has 2 saturated heterocycles. The van der Waals surface area contributed by atoms with Crippen molar-refractivity contribution < 1.29 is 19.4 Å². The largest absolute Gasteiger partial charge is 0.507 e. The molecule has 0 saturated carbocycles. The maximum absolute atomic E-state index is 13.6. The van der Waals surface area contributed by atoms with E-state index in [0.717, 1.165) is 43.0 Å². The Kier molecular flexibility index (Phi) is 7.94. The number of aliphatic hydroxyl groups excluding tert-OH is 1. The Morgan fingerprint density at radius 3 is 2.27 bits per heavy atom. The van der Waals surface area contributed by atoms with Crippen LogP contribution >= 0.6 is 0 Å². The Morgan fingerprint density at radius 2 is 1.60 bits per heavy atom. The third-order valence-corrected chi connectivity index (χ3v) is 7.49. The van der Waals surface area contributed by atoms with Crippen molar-refractivity contribution in [1.82, 2.24) is 4.90 Å². The van der Waals surface area contributed by atoms with Crippen LogP contribution in [-0.2, 0) is 9.59 Å². The molecule has 2 fully saturated rings. The van der Waals surface area contributed by atoms with Crippen LogP contribution < -0.4 is 14.5 Å². The Bertz CT molecular complexity index is 1420. The first-order valence-corrected chi connectivity index (χ1v) is 13.9. The zero-order chi connectivity index (χ0) is 28.4. The summed E-state index contributed by atoms with van der Waals surface area (Å²) in [5.74, 6) is -0.644. The van der Waals surface area contributed by atoms with Gasteiger partial charge in [-0.25, -0.2) is 0 Å². The van der Waals surface area contributed by atoms with Gasteiger partial charge in [-0.2, -0.15) is 0 Å². The standard InChI is InChI=1S/C33H37N3O4/c1-22(2)21-40-28-10-6-9-25(20-28)31(37)29-30(24-8-5-7-23(3)19-24)36(33(39)32(29)38)27-13-11-26(12-14-27)35-17-15-34(4)16-18-35/h5-14,19-20,22,30,37H,15-18,21H2,1-4H3/b31-29+. The van der Waals surface area contributed by atoms with Crippen LogP contribution in [-0.4, -0.2) is 61.5 Å². The third-order valence-electron chi connectivity index (χ3n) is 7.49. The summed E-state index contributed by atoms with van der Waals surface area (Å²) in [6.07, 6.45) is 0. The monoisotopic (exact) mass is 539 g/mol. The van der Waals surface area contributed by atoms with Gasteiger partial charge in [-0.1, -0.05) is 55.8 Å². The molecular weight excluding hydrogens is 502 g/mol. The molecule has 7 heteroatoms. The third kappa shape index (κ3) is 5.61. The number of piperazine rings is 1. The number of carbonyl (C=O) groups excluding carboxylic acids is 2. The van der Waals surface area contributed by atoms with Gasteiger partial charge in [0.25, 0.3) is 11.7 Å². The highest BCUT2D eigenvalue weighted by atomic mass is 16.5. The Balaban J connectivity index is 1.55. The minimum Gasteiger partial charge on any atom is -0.507 e. The molecule has 0 radical (unpaired) electrons. The number of carbonyl (C=O) groups is 2. The van der Waals surface area contributed by atoms with Crippen molar-refractivity contribution >= 4 is 28.8 Å². The number of Topliss-reactive ketones (excluding diaryl/α,β-unsaturated/α-hetero) is 1. The molecule has 1 N–H and O–H groups in total. The first-order valence-electron chi connectivity index (χ1n) is 13.9. The zero-order valence-electron chi connectivity index (χ0n) is 23.6. The number of nitrogens with zero attached hydrogens (tertiary/aromatic N) is 3. The van der Waals surface area contributed by atoms with Crippen molar-refractivity contribution in [3.05, 3.63) is 95.1 Å². The predicted octanol–water partition coefficient (Wildman–Crippen LogP) is 5.41. The van der Waals surface area contributed by atoms with Crippen molar-refractivity contribution in [2.45, 2.75) is 26.8 Å². The van der Waals surface area contributed by atoms with Crippen molar-refractivity contribution in [1.29, 1.82) is 0 Å². The molecule has 3 aromatic carbocycles. The number of rotatable bonds is 7. The fraction of sp³-hybridized carbons (Fsp3) is 0.333. The van der Waals surface area contributed by atoms with Gasteiger partial charge in [-0.05, 0) is 61.9 Å². The lowest BCUT2D eigenvalue weighted by molar-refractivity contribution is -0.132. The highest BCUT2D eigenvalue weighted by Gasteiger charge is 2.47. The van der Waals surface area contributed by atoms with E-state index in [2.05, 4.69) is 30.7 Å². The van der Waals surface area contributed by atoms with E-state index in [1.807, 2.05) is 61.5 Å². The fourth-order valence-corrected chi connectivity index (χ4v) is 5.29. The lowest BCUT2D eigenvalue weighted by Crippen LogP contribution is -2.44. The number of amides is 1. The van der Waals surface area contributed by atoms with E-state index in [4.69, 9.17) is 4.74 Å². The summed E-state index contributed by atoms with van der Waals surface area (Å²) in [4.78, 5) is 33.3. The smallest absolute Gasteiger partial charge is 0.300 e. The van der Waals surface area contributed by atoms with Gasteiger partial charge in [0.1, 0.15) is 11.5 Å². The van der Waals surface area contributed by atoms with Crippen LogP contribution in [0.25, 0.3) is 5.76 Å². The van der Waals surface area contributed by atoms with Crippen LogP contribution in [0.1, 0.15) is 36.6 Å². The number of likely N-dealkylation sites (N-methyl/N-ethyl adjacent to an activating group) is 1. The quantitative estimate of drug-likeness (QED) is 0.246. The molecule has 40 heavy (non-hydrogen) atoms. The lowest BCUT2D eigenvalue weighted by atomic mass is 9.94. The van der Waals surface area contributed by atoms with Crippen LogP contribution in [0.2, 0.25) is 0 Å². The van der Waals surface area contributed by atoms with Gasteiger partial charge in [0, 0.05) is 43.1 Å². The molecule has 7 nitrogen and oxygen atoms in total. The summed E-state index contributed by atoms with van der Waals surface area (Å²) in [5, 5.41) is 11.5. The molecule has 208 valence electrons. The van der Waals surface area contributed by atoms with Crippen LogP contribution in [0, 0.1) is 12.8 Å². The number of anilines is 2. The normalized spacial score (nSPS) is 19.5. The molecule has 1 unspecified atom stereocenters. The maximum Gasteiger partial charge on any atom is 0.300 e. The van der Waals surface area contributed by atoms with Crippen molar-refractivity contribution in [2.24, 2.45) is 5.92 Å². The van der Waals surface area contributed by atoms with Crippen molar-refractivity contribution in [3.63, 3.8) is 0 Å². The molecule has 2 aliphatic heterocycles. The summed E-state index contributed by atoms with van der Waals surface area (Å²) in [6.45, 7) is 10.5. The van der Waals surface area contributed by atoms with Crippen LogP contribution in [0.4, 0.5) is 11.4 Å². The molecule has 3 aromatic rings. The SMILES string of the molecule is Cc1cccc(C2/C(=C(\O)c3cccc(OCC(C)C)c3)C(=O)C(=O)N2c2ccc(N3CCN(C)CC3)cc2)c1. The Hall–Kier alpha value is -4.10. The number of hydrogen-bond donors (Lipinski definition) is 1. The molecule has 0 spiro atoms. The van der Waals surface area contributed by atoms with Gasteiger partial charge in [0.2, 0.25) is 0 Å². The maximum atomic E-state index is 13.6. The van der Waals surface area contributed by atoms with E-state index in [1.54, 1.807) is 18.2 Å². The highest BCUT2D eigenvalue weighted by Crippen LogP contribution is 2.43. The van der Waals surface area contributed by atoms with Gasteiger partial charge in [0.15, 0.2) is 0 Å². The minimum absolute atomic E-state index is 0.0692. The van der Waals surface area contributed by atoms with Gasteiger partial charge in [-0.15, -0.1) is 0 Å². The van der Waals surface area contributed by atoms with Gasteiger partial charge in [-0.3, -0.25) is 14.5 Å². The summed E-state index contributed by atoms with van der Waals surface area (Å²) in [5.41, 5.74) is 3.95. The fourth-order valence-electron chi connectivity index (χ4n) is 5.29. The second kappa shape index (κ2) is 11.6. The molecular formula is C33H37N3O4. The summed E-state index contributed by atoms with van der Waals surface area (Å²) < 4.78 is 5.85. The average molecular weight is 540 g/mol. The van der Waals surface area contributed by atoms with Crippen molar-refractivity contribution in [3.8, 4) is 5.75 Å². The number of hydrogen-bond acceptors (Lipinski definition) is 6. The zero-order valence-corrected chi connectivity index (χ0v) is 23.6. The van der Waals surface area contributed by atoms with Gasteiger partial charge in [0.05, 0.1) is 18.2 Å². The number of ketones is 1. The van der Waals surface area contributed by atoms with Gasteiger partial charge < -0.3 is 19.6 Å². The average Bonchev–Trinajstić information content (AvgIpc) is 3.22. The minimum atomic E-state index is -0.769. The van der Waals surface area contributed by atoms with E-state index < -0.39 is 17.7 Å². The number of aryl methyl sites for hydroxylation is 1. The summed E-state index contributed by atoms with van der Waals surface area (Å²) in [7, 11) is 2.12. The molecule has 5 rings (SSSR count). The molecule has 1 atom stereocenters. The Labute approximate surface area is 236 Å². The van der Waals surface area contributed by atoms with E-state index in [1.165, 1.54) is 4.90 Å². The van der Waals surface area contributed by atoms with Crippen LogP contribution in [0.5, 0.6) is 5.75 Å². The van der Waals surface area contributed by atoms with E-state index >= 15 is 0 Å². The number of benzene rings is 3. The lowest BCUT2D eigenvalue weighted by Gasteiger charge is -2.34. The molecule has 2 heterocycles. The topological polar surface area (TPSA) is 73.3 Å². The number of aliphatic hydroxyl groups is 1. The molecule has 0 aliphatic carbocycles. The first-order chi connectivity index (χ1) is 19.2. The van der Waals surface area contributed by atoms with E-state index in [9.17, 15) is 14.7 Å². The summed E-state index contributed by atoms with van der Waals surface area (Å²) >= 11 is 0. The molecule has 2 aliphatic rings. The van der Waals surface area contributed by atoms with Crippen LogP contribution in [0.15, 0.2) is 78.4 Å². The first kappa shape index (κ1) is 27.5. The molecule has 0 bridgehead atoms. The second-order valence-corrected chi connectivity index (χ2v) is 11.1. The summed E-state index contributed by atoms with van der Waals surface area (Å²) in [6, 6.07) is 21.8. The molecule has 1 amide bonds. The van der Waals surface area contributed by atoms with E-state index in [0.29, 0.717) is 29.5 Å². The van der Waals surface area contributed by atoms with E-state index in [-0.39, 0.29) is 11.3 Å². The predicted molar refractivity (Wildman–Crippen MR) is 159 cm³/mol. The molecule has 0 aromatic heterocycles.